The maximum atomic E-state index is 9.45. The maximum absolute atomic E-state index is 9.45. The van der Waals surface area contributed by atoms with Gasteiger partial charge < -0.3 is 4.74 Å². The number of ether oxygens (including phenoxy) is 1. The topological polar surface area (TPSA) is 26.3 Å². The van der Waals surface area contributed by atoms with Crippen molar-refractivity contribution in [3.8, 4) is 0 Å². The lowest BCUT2D eigenvalue weighted by Gasteiger charge is -2.06. The monoisotopic (exact) mass is 176 g/mol. The second-order valence-electron chi connectivity index (χ2n) is 1.02. The van der Waals surface area contributed by atoms with Crippen LogP contribution in [0, 0.1) is 0 Å². The summed E-state index contributed by atoms with van der Waals surface area (Å²) >= 11 is 15.5. The highest BCUT2D eigenvalue weighted by Gasteiger charge is 2.19. The average Bonchev–Trinajstić information content (AvgIpc) is 1.59. The van der Waals surface area contributed by atoms with Gasteiger partial charge in [-0.05, 0) is 0 Å². The molecule has 0 amide bonds. The first-order valence-corrected chi connectivity index (χ1v) is 2.81. The van der Waals surface area contributed by atoms with Gasteiger partial charge in [0.05, 0.1) is 0 Å². The van der Waals surface area contributed by atoms with E-state index in [-0.39, 0.29) is 13.1 Å². The average molecular weight is 177 g/mol. The van der Waals surface area contributed by atoms with Crippen molar-refractivity contribution >= 4 is 41.3 Å². The number of rotatable bonds is 2. The molecule has 0 radical (unpaired) electrons. The van der Waals surface area contributed by atoms with Crippen molar-refractivity contribution in [1.29, 1.82) is 0 Å². The third-order valence-corrected chi connectivity index (χ3v) is 0.642. The van der Waals surface area contributed by atoms with E-state index in [0.29, 0.717) is 0 Å². The summed E-state index contributed by atoms with van der Waals surface area (Å²) in [5.41, 5.74) is 0. The van der Waals surface area contributed by atoms with E-state index >= 15 is 0 Å². The van der Waals surface area contributed by atoms with Crippen LogP contribution in [0.15, 0.2) is 0 Å². The van der Waals surface area contributed by atoms with Crippen molar-refractivity contribution in [2.75, 3.05) is 6.61 Å². The van der Waals surface area contributed by atoms with Crippen molar-refractivity contribution in [2.24, 2.45) is 0 Å². The van der Waals surface area contributed by atoms with Gasteiger partial charge in [-0.15, -0.1) is 0 Å². The molecule has 0 spiro atoms. The molecule has 0 N–H and O–H groups in total. The smallest absolute Gasteiger partial charge is 0.293 e. The van der Waals surface area contributed by atoms with Crippen molar-refractivity contribution in [2.45, 2.75) is 3.79 Å². The predicted molar refractivity (Wildman–Crippen MR) is 32.3 cm³/mol. The van der Waals surface area contributed by atoms with Gasteiger partial charge in [0.25, 0.3) is 6.47 Å². The zero-order valence-electron chi connectivity index (χ0n) is 3.73. The van der Waals surface area contributed by atoms with Gasteiger partial charge in [-0.25, -0.2) is 0 Å². The Labute approximate surface area is 61.7 Å². The molecule has 0 rings (SSSR count). The van der Waals surface area contributed by atoms with E-state index in [1.807, 2.05) is 0 Å². The number of halogens is 3. The Kier molecular flexibility index (Phi) is 3.53. The minimum Gasteiger partial charge on any atom is -0.463 e. The van der Waals surface area contributed by atoms with Gasteiger partial charge in [0, 0.05) is 0 Å². The van der Waals surface area contributed by atoms with Crippen LogP contribution in [0.2, 0.25) is 0 Å². The molecule has 8 heavy (non-hydrogen) atoms. The molecule has 0 aromatic heterocycles. The lowest BCUT2D eigenvalue weighted by Crippen LogP contribution is -2.11. The van der Waals surface area contributed by atoms with Gasteiger partial charge in [-0.2, -0.15) is 0 Å². The maximum Gasteiger partial charge on any atom is 0.293 e. The first-order chi connectivity index (χ1) is 3.56. The quantitative estimate of drug-likeness (QED) is 0.472. The summed E-state index contributed by atoms with van der Waals surface area (Å²) in [6, 6.07) is 0. The van der Waals surface area contributed by atoms with E-state index in [9.17, 15) is 4.79 Å². The summed E-state index contributed by atoms with van der Waals surface area (Å²) in [4.78, 5) is 9.45. The van der Waals surface area contributed by atoms with Crippen LogP contribution in [0.1, 0.15) is 0 Å². The number of carbonyl (C=O) groups is 1. The molecule has 0 fully saturated rings. The summed E-state index contributed by atoms with van der Waals surface area (Å²) in [6.45, 7) is 0.0169. The fourth-order valence-corrected chi connectivity index (χ4v) is 0.317. The fraction of sp³-hybridized carbons (Fsp3) is 0.667. The minimum absolute atomic E-state index is 0.207. The van der Waals surface area contributed by atoms with Crippen LogP contribution in [-0.2, 0) is 9.53 Å². The standard InChI is InChI=1S/C3H3Cl3O2/c4-3(5,6)1-8-2-7/h2H,1H2. The molecular formula is C3H3Cl3O2. The SMILES string of the molecule is O=COCC(Cl)(Cl)Cl. The molecule has 2 nitrogen and oxygen atoms in total. The third kappa shape index (κ3) is 6.34. The molecule has 0 aliphatic heterocycles. The summed E-state index contributed by atoms with van der Waals surface area (Å²) < 4.78 is 2.64. The highest BCUT2D eigenvalue weighted by molar-refractivity contribution is 6.67. The largest absolute Gasteiger partial charge is 0.463 e. The number of carbonyl (C=O) groups excluding carboxylic acids is 1. The van der Waals surface area contributed by atoms with Gasteiger partial charge >= 0.3 is 0 Å². The second-order valence-corrected chi connectivity index (χ2v) is 3.54. The molecule has 0 bridgehead atoms. The Morgan fingerprint density at radius 1 is 1.50 bits per heavy atom. The van der Waals surface area contributed by atoms with E-state index < -0.39 is 3.79 Å². The van der Waals surface area contributed by atoms with Crippen molar-refractivity contribution in [3.05, 3.63) is 0 Å². The highest BCUT2D eigenvalue weighted by atomic mass is 35.6. The first-order valence-electron chi connectivity index (χ1n) is 1.68. The molecule has 0 saturated carbocycles. The Hall–Kier alpha value is 0.340. The fourth-order valence-electron chi connectivity index (χ4n) is 0.129. The first kappa shape index (κ1) is 8.34. The van der Waals surface area contributed by atoms with Crippen LogP contribution < -0.4 is 0 Å². The molecule has 0 aliphatic carbocycles. The Bertz CT molecular complexity index is 77.1. The zero-order valence-corrected chi connectivity index (χ0v) is 6.00. The van der Waals surface area contributed by atoms with E-state index in [1.165, 1.54) is 0 Å². The molecule has 5 heteroatoms. The van der Waals surface area contributed by atoms with Crippen LogP contribution in [0.25, 0.3) is 0 Å². The molecule has 0 atom stereocenters. The lowest BCUT2D eigenvalue weighted by molar-refractivity contribution is -0.128. The highest BCUT2D eigenvalue weighted by Crippen LogP contribution is 2.25. The molecule has 48 valence electrons. The Balaban J connectivity index is 3.24. The minimum atomic E-state index is -1.49. The Morgan fingerprint density at radius 2 is 2.00 bits per heavy atom. The second kappa shape index (κ2) is 3.38. The van der Waals surface area contributed by atoms with Crippen LogP contribution in [0.5, 0.6) is 0 Å². The van der Waals surface area contributed by atoms with Crippen LogP contribution in [-0.4, -0.2) is 16.9 Å². The molecule has 0 heterocycles. The number of hydrogen-bond acceptors (Lipinski definition) is 2. The molecule has 0 aromatic carbocycles. The van der Waals surface area contributed by atoms with E-state index in [0.717, 1.165) is 0 Å². The van der Waals surface area contributed by atoms with Crippen LogP contribution >= 0.6 is 34.8 Å². The zero-order chi connectivity index (χ0) is 6.62. The van der Waals surface area contributed by atoms with E-state index in [2.05, 4.69) is 4.74 Å². The normalized spacial score (nSPS) is 10.9. The van der Waals surface area contributed by atoms with Gasteiger partial charge in [0.15, 0.2) is 0 Å². The number of hydrogen-bond donors (Lipinski definition) is 0. The summed E-state index contributed by atoms with van der Waals surface area (Å²) in [5, 5.41) is 0. The molecule has 0 aromatic rings. The van der Waals surface area contributed by atoms with Gasteiger partial charge in [-0.1, -0.05) is 34.8 Å². The van der Waals surface area contributed by atoms with Crippen molar-refractivity contribution in [3.63, 3.8) is 0 Å². The molecule has 0 saturated heterocycles. The molecule has 0 aliphatic rings. The van der Waals surface area contributed by atoms with Crippen molar-refractivity contribution in [1.82, 2.24) is 0 Å². The van der Waals surface area contributed by atoms with Crippen molar-refractivity contribution < 1.29 is 9.53 Å². The third-order valence-electron chi connectivity index (χ3n) is 0.315. The molecular weight excluding hydrogens is 174 g/mol. The van der Waals surface area contributed by atoms with Crippen LogP contribution in [0.4, 0.5) is 0 Å². The number of alkyl halides is 3. The lowest BCUT2D eigenvalue weighted by atomic mass is 10.8. The van der Waals surface area contributed by atoms with E-state index in [1.54, 1.807) is 0 Å². The predicted octanol–water partition coefficient (Wildman–Crippen LogP) is 1.53. The van der Waals surface area contributed by atoms with E-state index in [4.69, 9.17) is 34.8 Å². The Morgan fingerprint density at radius 3 is 2.12 bits per heavy atom. The summed E-state index contributed by atoms with van der Waals surface area (Å²) in [5.74, 6) is 0. The summed E-state index contributed by atoms with van der Waals surface area (Å²) in [7, 11) is 0. The molecule has 0 unspecified atom stereocenters. The van der Waals surface area contributed by atoms with Gasteiger partial charge in [0.1, 0.15) is 6.61 Å². The van der Waals surface area contributed by atoms with Crippen LogP contribution in [0.3, 0.4) is 0 Å². The summed E-state index contributed by atoms with van der Waals surface area (Å²) in [6.07, 6.45) is 0. The van der Waals surface area contributed by atoms with Gasteiger partial charge in [0.2, 0.25) is 3.79 Å². The van der Waals surface area contributed by atoms with Gasteiger partial charge in [-0.3, -0.25) is 4.79 Å².